The summed E-state index contributed by atoms with van der Waals surface area (Å²) < 4.78 is 6.51. The van der Waals surface area contributed by atoms with Crippen molar-refractivity contribution in [2.45, 2.75) is 39.5 Å². The van der Waals surface area contributed by atoms with Crippen molar-refractivity contribution in [3.8, 4) is 5.75 Å². The third-order valence-electron chi connectivity index (χ3n) is 4.55. The first kappa shape index (κ1) is 22.0. The largest absolute Gasteiger partial charge is 0.493 e. The molecule has 0 aromatic heterocycles. The summed E-state index contributed by atoms with van der Waals surface area (Å²) in [5.74, 6) is 0.513. The van der Waals surface area contributed by atoms with Gasteiger partial charge in [0.1, 0.15) is 5.75 Å². The minimum absolute atomic E-state index is 0.388. The molecule has 0 saturated carbocycles. The molecule has 5 nitrogen and oxygen atoms in total. The van der Waals surface area contributed by atoms with Crippen molar-refractivity contribution in [1.29, 1.82) is 0 Å². The predicted octanol–water partition coefficient (Wildman–Crippen LogP) is 5.12. The molecule has 0 aliphatic carbocycles. The molecular formula is C22H27BrN2O3. The van der Waals surface area contributed by atoms with E-state index in [9.17, 15) is 9.59 Å². The van der Waals surface area contributed by atoms with Crippen LogP contribution in [0.25, 0.3) is 0 Å². The second kappa shape index (κ2) is 11.5. The van der Waals surface area contributed by atoms with E-state index >= 15 is 0 Å². The van der Waals surface area contributed by atoms with E-state index in [2.05, 4.69) is 40.6 Å². The van der Waals surface area contributed by atoms with Gasteiger partial charge in [-0.3, -0.25) is 20.4 Å². The standard InChI is InChI=1S/C22H27BrN2O3/c1-3-5-8-16(4-2)15-28-18-13-11-17(12-14-18)21(26)24-25-22(27)19-9-6-7-10-20(19)23/h6-7,9-14,16H,3-5,8,15H2,1-2H3,(H,24,26)(H,25,27). The van der Waals surface area contributed by atoms with Crippen molar-refractivity contribution < 1.29 is 14.3 Å². The van der Waals surface area contributed by atoms with E-state index in [1.54, 1.807) is 42.5 Å². The maximum absolute atomic E-state index is 12.2. The van der Waals surface area contributed by atoms with Crippen molar-refractivity contribution in [3.63, 3.8) is 0 Å². The van der Waals surface area contributed by atoms with Crippen LogP contribution >= 0.6 is 15.9 Å². The van der Waals surface area contributed by atoms with Gasteiger partial charge in [0.25, 0.3) is 11.8 Å². The first-order chi connectivity index (χ1) is 13.5. The van der Waals surface area contributed by atoms with Crippen LogP contribution in [0.3, 0.4) is 0 Å². The molecule has 0 spiro atoms. The Morgan fingerprint density at radius 3 is 2.32 bits per heavy atom. The molecule has 0 aliphatic heterocycles. The van der Waals surface area contributed by atoms with Gasteiger partial charge in [-0.25, -0.2) is 0 Å². The summed E-state index contributed by atoms with van der Waals surface area (Å²) in [4.78, 5) is 24.4. The molecule has 0 heterocycles. The smallest absolute Gasteiger partial charge is 0.270 e. The molecule has 2 amide bonds. The molecule has 2 aromatic carbocycles. The van der Waals surface area contributed by atoms with Crippen molar-refractivity contribution in [2.75, 3.05) is 6.61 Å². The zero-order valence-corrected chi connectivity index (χ0v) is 17.9. The summed E-state index contributed by atoms with van der Waals surface area (Å²) in [5.41, 5.74) is 5.73. The zero-order chi connectivity index (χ0) is 20.4. The fourth-order valence-electron chi connectivity index (χ4n) is 2.71. The Bertz CT molecular complexity index is 778. The highest BCUT2D eigenvalue weighted by atomic mass is 79.9. The topological polar surface area (TPSA) is 67.4 Å². The van der Waals surface area contributed by atoms with Gasteiger partial charge in [-0.2, -0.15) is 0 Å². The van der Waals surface area contributed by atoms with E-state index in [1.165, 1.54) is 19.3 Å². The average Bonchev–Trinajstić information content (AvgIpc) is 2.72. The molecule has 6 heteroatoms. The van der Waals surface area contributed by atoms with Gasteiger partial charge in [-0.05, 0) is 64.7 Å². The first-order valence-corrected chi connectivity index (χ1v) is 10.4. The van der Waals surface area contributed by atoms with Crippen LogP contribution in [0.2, 0.25) is 0 Å². The third kappa shape index (κ3) is 6.68. The van der Waals surface area contributed by atoms with E-state index in [-0.39, 0.29) is 5.91 Å². The van der Waals surface area contributed by atoms with Crippen LogP contribution < -0.4 is 15.6 Å². The SMILES string of the molecule is CCCCC(CC)COc1ccc(C(=O)NNC(=O)c2ccccc2Br)cc1. The second-order valence-corrected chi connectivity index (χ2v) is 7.49. The Labute approximate surface area is 175 Å². The lowest BCUT2D eigenvalue weighted by molar-refractivity contribution is 0.0846. The highest BCUT2D eigenvalue weighted by molar-refractivity contribution is 9.10. The van der Waals surface area contributed by atoms with Crippen LogP contribution in [0.1, 0.15) is 60.2 Å². The number of nitrogens with one attached hydrogen (secondary N) is 2. The second-order valence-electron chi connectivity index (χ2n) is 6.64. The molecule has 0 fully saturated rings. The van der Waals surface area contributed by atoms with Gasteiger partial charge in [0.05, 0.1) is 12.2 Å². The molecule has 2 aromatic rings. The van der Waals surface area contributed by atoms with Gasteiger partial charge < -0.3 is 4.74 Å². The summed E-state index contributed by atoms with van der Waals surface area (Å²) >= 11 is 3.31. The summed E-state index contributed by atoms with van der Waals surface area (Å²) in [5, 5.41) is 0. The Balaban J connectivity index is 1.84. The number of carbonyl (C=O) groups excluding carboxylic acids is 2. The zero-order valence-electron chi connectivity index (χ0n) is 16.3. The van der Waals surface area contributed by atoms with Crippen LogP contribution in [0.4, 0.5) is 0 Å². The predicted molar refractivity (Wildman–Crippen MR) is 114 cm³/mol. The van der Waals surface area contributed by atoms with E-state index in [0.29, 0.717) is 28.1 Å². The Morgan fingerprint density at radius 1 is 1.00 bits per heavy atom. The van der Waals surface area contributed by atoms with Gasteiger partial charge in [0.15, 0.2) is 0 Å². The molecule has 28 heavy (non-hydrogen) atoms. The Kier molecular flexibility index (Phi) is 9.01. The monoisotopic (exact) mass is 446 g/mol. The van der Waals surface area contributed by atoms with E-state index in [1.807, 2.05) is 6.07 Å². The molecule has 2 rings (SSSR count). The lowest BCUT2D eigenvalue weighted by Crippen LogP contribution is -2.41. The van der Waals surface area contributed by atoms with Crippen molar-refractivity contribution in [3.05, 3.63) is 64.1 Å². The fraction of sp³-hybridized carbons (Fsp3) is 0.364. The number of hydrogen-bond donors (Lipinski definition) is 2. The van der Waals surface area contributed by atoms with E-state index in [4.69, 9.17) is 4.74 Å². The average molecular weight is 447 g/mol. The number of hydrazine groups is 1. The number of amides is 2. The summed E-state index contributed by atoms with van der Waals surface area (Å²) in [6.45, 7) is 5.06. The van der Waals surface area contributed by atoms with Crippen molar-refractivity contribution in [2.24, 2.45) is 5.92 Å². The number of benzene rings is 2. The molecule has 1 atom stereocenters. The molecule has 0 aliphatic rings. The van der Waals surface area contributed by atoms with Crippen LogP contribution in [0.15, 0.2) is 53.0 Å². The maximum atomic E-state index is 12.2. The number of ether oxygens (including phenoxy) is 1. The van der Waals surface area contributed by atoms with Crippen LogP contribution in [-0.2, 0) is 0 Å². The number of unbranched alkanes of at least 4 members (excludes halogenated alkanes) is 1. The van der Waals surface area contributed by atoms with E-state index in [0.717, 1.165) is 12.2 Å². The Morgan fingerprint density at radius 2 is 1.68 bits per heavy atom. The van der Waals surface area contributed by atoms with Crippen molar-refractivity contribution in [1.82, 2.24) is 10.9 Å². The fourth-order valence-corrected chi connectivity index (χ4v) is 3.18. The molecule has 150 valence electrons. The molecule has 1 unspecified atom stereocenters. The minimum atomic E-state index is -0.390. The molecule has 0 radical (unpaired) electrons. The van der Waals surface area contributed by atoms with Crippen LogP contribution in [0, 0.1) is 5.92 Å². The summed E-state index contributed by atoms with van der Waals surface area (Å²) in [7, 11) is 0. The number of carbonyl (C=O) groups is 2. The lowest BCUT2D eigenvalue weighted by Gasteiger charge is -2.15. The highest BCUT2D eigenvalue weighted by Gasteiger charge is 2.12. The summed E-state index contributed by atoms with van der Waals surface area (Å²) in [6.07, 6.45) is 4.67. The van der Waals surface area contributed by atoms with Crippen LogP contribution in [-0.4, -0.2) is 18.4 Å². The van der Waals surface area contributed by atoms with Gasteiger partial charge in [0, 0.05) is 10.0 Å². The third-order valence-corrected chi connectivity index (χ3v) is 5.25. The van der Waals surface area contributed by atoms with Gasteiger partial charge in [-0.15, -0.1) is 0 Å². The maximum Gasteiger partial charge on any atom is 0.270 e. The van der Waals surface area contributed by atoms with E-state index < -0.39 is 5.91 Å². The Hall–Kier alpha value is -2.34. The van der Waals surface area contributed by atoms with Crippen molar-refractivity contribution >= 4 is 27.7 Å². The van der Waals surface area contributed by atoms with Gasteiger partial charge in [0.2, 0.25) is 0 Å². The molecular weight excluding hydrogens is 420 g/mol. The van der Waals surface area contributed by atoms with Crippen LogP contribution in [0.5, 0.6) is 5.75 Å². The summed E-state index contributed by atoms with van der Waals surface area (Å²) in [6, 6.07) is 13.9. The van der Waals surface area contributed by atoms with Gasteiger partial charge in [-0.1, -0.05) is 45.2 Å². The van der Waals surface area contributed by atoms with Gasteiger partial charge >= 0.3 is 0 Å². The highest BCUT2D eigenvalue weighted by Crippen LogP contribution is 2.18. The molecule has 0 bridgehead atoms. The first-order valence-electron chi connectivity index (χ1n) is 9.63. The molecule has 2 N–H and O–H groups in total. The molecule has 0 saturated heterocycles. The lowest BCUT2D eigenvalue weighted by atomic mass is 10.0. The number of rotatable bonds is 9. The normalized spacial score (nSPS) is 11.5. The number of hydrogen-bond acceptors (Lipinski definition) is 3. The quantitative estimate of drug-likeness (QED) is 0.525. The minimum Gasteiger partial charge on any atom is -0.493 e. The number of halogens is 1.